The molecule has 0 saturated carbocycles. The van der Waals surface area contributed by atoms with E-state index in [1.807, 2.05) is 13.8 Å². The molecule has 0 aliphatic heterocycles. The first-order valence-corrected chi connectivity index (χ1v) is 22.2. The van der Waals surface area contributed by atoms with Gasteiger partial charge in [-0.25, -0.2) is 4.79 Å². The van der Waals surface area contributed by atoms with Gasteiger partial charge >= 0.3 is 11.9 Å². The van der Waals surface area contributed by atoms with E-state index in [4.69, 9.17) is 19.3 Å². The fourth-order valence-electron chi connectivity index (χ4n) is 5.82. The first-order chi connectivity index (χ1) is 28.5. The Morgan fingerprint density at radius 3 is 1.56 bits per heavy atom. The molecule has 4 N–H and O–H groups in total. The number of aliphatic carboxylic acids is 2. The van der Waals surface area contributed by atoms with Crippen LogP contribution in [0, 0.1) is 0 Å². The molecule has 15 heteroatoms. The lowest BCUT2D eigenvalue weighted by molar-refractivity contribution is -0.142. The Morgan fingerprint density at radius 2 is 1.00 bits per heavy atom. The topological polar surface area (TPSA) is 221 Å². The van der Waals surface area contributed by atoms with Crippen molar-refractivity contribution in [2.75, 3.05) is 59.9 Å². The van der Waals surface area contributed by atoms with Crippen LogP contribution in [-0.4, -0.2) is 117 Å². The molecule has 0 aliphatic rings. The number of hydrogen-bond acceptors (Lipinski definition) is 11. The monoisotopic (exact) mass is 845 g/mol. The molecular formula is C44H80N2O13. The van der Waals surface area contributed by atoms with Crippen LogP contribution in [0.5, 0.6) is 0 Å². The summed E-state index contributed by atoms with van der Waals surface area (Å²) in [5, 5.41) is 23.1. The van der Waals surface area contributed by atoms with Gasteiger partial charge in [-0.2, -0.15) is 0 Å². The molecular weight excluding hydrogens is 764 g/mol. The summed E-state index contributed by atoms with van der Waals surface area (Å²) in [6.45, 7) is 6.79. The number of nitrogens with one attached hydrogen (secondary N) is 2. The van der Waals surface area contributed by atoms with Crippen molar-refractivity contribution in [1.29, 1.82) is 0 Å². The maximum Gasteiger partial charge on any atom is 0.326 e. The number of carbonyl (C=O) groups excluding carboxylic acids is 5. The van der Waals surface area contributed by atoms with Gasteiger partial charge in [-0.15, -0.1) is 0 Å². The fourth-order valence-corrected chi connectivity index (χ4v) is 5.82. The molecule has 15 nitrogen and oxygen atoms in total. The Morgan fingerprint density at radius 1 is 0.492 bits per heavy atom. The van der Waals surface area contributed by atoms with Crippen LogP contribution in [0.2, 0.25) is 0 Å². The highest BCUT2D eigenvalue weighted by atomic mass is 16.5. The standard InChI is InChI=1S/C27H49NO7.C17H31NO6/c1-2-21-35-22-15-16-23(29)19-20-24(27(33)34)28-25(30)17-13-11-9-7-5-3-4-6-8-10-12-14-18-26(31)32;1-3-15(19)7-5-4-6-8-16(20)13-24-12-11-23-10-9-18-17(21)14-22-2/h24H,2-22H2,1H3,(H,28,30)(H,31,32)(H,33,34);3-14H2,1-2H3,(H,18,21)/t24-;/m0./s1. The Balaban J connectivity index is 0. The third-order valence-electron chi connectivity index (χ3n) is 9.27. The normalized spacial score (nSPS) is 11.3. The maximum atomic E-state index is 12.1. The van der Waals surface area contributed by atoms with E-state index in [9.17, 15) is 38.7 Å². The average molecular weight is 845 g/mol. The van der Waals surface area contributed by atoms with Gasteiger partial charge in [0.2, 0.25) is 11.8 Å². The molecule has 0 radical (unpaired) electrons. The van der Waals surface area contributed by atoms with Gasteiger partial charge in [-0.05, 0) is 44.9 Å². The highest BCUT2D eigenvalue weighted by Gasteiger charge is 2.20. The van der Waals surface area contributed by atoms with Crippen molar-refractivity contribution < 1.29 is 62.7 Å². The van der Waals surface area contributed by atoms with E-state index in [1.54, 1.807) is 0 Å². The van der Waals surface area contributed by atoms with Gasteiger partial charge in [0.05, 0.1) is 19.8 Å². The SMILES string of the molecule is CCC(=O)CCCCCC(=O)COCCOCCNC(=O)COC.CCCOCCCC(=O)CC[C@H](NC(=O)CCCCCCCCCCCCCCC(=O)O)C(=O)O. The van der Waals surface area contributed by atoms with Crippen LogP contribution >= 0.6 is 0 Å². The van der Waals surface area contributed by atoms with Gasteiger partial charge in [0.25, 0.3) is 0 Å². The van der Waals surface area contributed by atoms with E-state index in [0.29, 0.717) is 78.1 Å². The summed E-state index contributed by atoms with van der Waals surface area (Å²) in [5.41, 5.74) is 0. The number of carboxylic acids is 2. The zero-order valence-corrected chi connectivity index (χ0v) is 36.8. The zero-order valence-electron chi connectivity index (χ0n) is 36.8. The van der Waals surface area contributed by atoms with E-state index >= 15 is 0 Å². The van der Waals surface area contributed by atoms with E-state index in [1.165, 1.54) is 39.2 Å². The van der Waals surface area contributed by atoms with Gasteiger partial charge in [0.15, 0.2) is 5.78 Å². The second-order valence-electron chi connectivity index (χ2n) is 14.8. The number of amides is 2. The molecule has 0 heterocycles. The van der Waals surface area contributed by atoms with Crippen molar-refractivity contribution in [3.8, 4) is 0 Å². The lowest BCUT2D eigenvalue weighted by atomic mass is 10.0. The first-order valence-electron chi connectivity index (χ1n) is 22.2. The molecule has 0 aliphatic carbocycles. The second-order valence-corrected chi connectivity index (χ2v) is 14.8. The molecule has 0 unspecified atom stereocenters. The predicted octanol–water partition coefficient (Wildman–Crippen LogP) is 6.94. The lowest BCUT2D eigenvalue weighted by Gasteiger charge is -2.14. The minimum atomic E-state index is -1.10. The molecule has 59 heavy (non-hydrogen) atoms. The Labute approximate surface area is 354 Å². The van der Waals surface area contributed by atoms with Crippen LogP contribution < -0.4 is 10.6 Å². The molecule has 0 bridgehead atoms. The van der Waals surface area contributed by atoms with Crippen LogP contribution in [0.1, 0.15) is 174 Å². The van der Waals surface area contributed by atoms with E-state index in [2.05, 4.69) is 15.4 Å². The number of Topliss-reactive ketones (excluding diaryl/α,β-unsaturated/α-hetero) is 3. The van der Waals surface area contributed by atoms with Gasteiger partial charge in [0.1, 0.15) is 30.8 Å². The van der Waals surface area contributed by atoms with Gasteiger partial charge in [-0.3, -0.25) is 28.8 Å². The van der Waals surface area contributed by atoms with E-state index in [0.717, 1.165) is 70.6 Å². The molecule has 0 rings (SSSR count). The van der Waals surface area contributed by atoms with Crippen molar-refractivity contribution in [2.45, 2.75) is 180 Å². The number of carbonyl (C=O) groups is 7. The van der Waals surface area contributed by atoms with Crippen molar-refractivity contribution >= 4 is 41.1 Å². The van der Waals surface area contributed by atoms with Crippen molar-refractivity contribution in [2.24, 2.45) is 0 Å². The van der Waals surface area contributed by atoms with Crippen molar-refractivity contribution in [1.82, 2.24) is 10.6 Å². The number of hydrogen-bond donors (Lipinski definition) is 4. The molecule has 2 amide bonds. The number of unbranched alkanes of at least 4 members (excludes halogenated alkanes) is 13. The van der Waals surface area contributed by atoms with Gasteiger partial charge < -0.3 is 39.8 Å². The van der Waals surface area contributed by atoms with Crippen LogP contribution in [0.15, 0.2) is 0 Å². The number of carboxylic acid groups (broad SMARTS) is 2. The van der Waals surface area contributed by atoms with Crippen LogP contribution in [0.4, 0.5) is 0 Å². The number of ether oxygens (including phenoxy) is 4. The van der Waals surface area contributed by atoms with Gasteiger partial charge in [0, 0.05) is 71.8 Å². The molecule has 0 spiro atoms. The summed E-state index contributed by atoms with van der Waals surface area (Å²) < 4.78 is 20.5. The third-order valence-corrected chi connectivity index (χ3v) is 9.27. The highest BCUT2D eigenvalue weighted by Crippen LogP contribution is 2.13. The second kappa shape index (κ2) is 44.3. The number of methoxy groups -OCH3 is 1. The molecule has 0 aromatic rings. The summed E-state index contributed by atoms with van der Waals surface area (Å²) in [4.78, 5) is 79.7. The number of ketones is 3. The van der Waals surface area contributed by atoms with Crippen LogP contribution in [0.3, 0.4) is 0 Å². The molecule has 0 aromatic heterocycles. The van der Waals surface area contributed by atoms with E-state index < -0.39 is 18.0 Å². The molecule has 344 valence electrons. The zero-order chi connectivity index (χ0) is 44.2. The summed E-state index contributed by atoms with van der Waals surface area (Å²) in [5.74, 6) is -1.90. The van der Waals surface area contributed by atoms with Crippen molar-refractivity contribution in [3.63, 3.8) is 0 Å². The lowest BCUT2D eigenvalue weighted by Crippen LogP contribution is -2.41. The largest absolute Gasteiger partial charge is 0.481 e. The van der Waals surface area contributed by atoms with Gasteiger partial charge in [-0.1, -0.05) is 84.5 Å². The summed E-state index contributed by atoms with van der Waals surface area (Å²) >= 11 is 0. The Kier molecular flexibility index (Phi) is 43.4. The molecule has 0 saturated heterocycles. The molecule has 0 aromatic carbocycles. The third kappa shape index (κ3) is 45.7. The Bertz CT molecular complexity index is 1100. The maximum absolute atomic E-state index is 12.1. The smallest absolute Gasteiger partial charge is 0.326 e. The average Bonchev–Trinajstić information content (AvgIpc) is 3.20. The van der Waals surface area contributed by atoms with Crippen LogP contribution in [-0.2, 0) is 52.5 Å². The van der Waals surface area contributed by atoms with E-state index in [-0.39, 0.29) is 61.6 Å². The minimum absolute atomic E-state index is 0.00124. The summed E-state index contributed by atoms with van der Waals surface area (Å²) in [6.07, 6.45) is 19.9. The summed E-state index contributed by atoms with van der Waals surface area (Å²) in [6, 6.07) is -1.01. The number of rotatable bonds is 43. The van der Waals surface area contributed by atoms with Crippen LogP contribution in [0.25, 0.3) is 0 Å². The highest BCUT2D eigenvalue weighted by molar-refractivity contribution is 5.84. The quantitative estimate of drug-likeness (QED) is 0.0458. The van der Waals surface area contributed by atoms with Crippen molar-refractivity contribution in [3.05, 3.63) is 0 Å². The predicted molar refractivity (Wildman–Crippen MR) is 226 cm³/mol. The minimum Gasteiger partial charge on any atom is -0.481 e. The first kappa shape index (κ1) is 57.8. The Hall–Kier alpha value is -3.27. The molecule has 0 fully saturated rings. The fraction of sp³-hybridized carbons (Fsp3) is 0.841. The molecule has 1 atom stereocenters. The summed E-state index contributed by atoms with van der Waals surface area (Å²) in [7, 11) is 1.46.